The average molecular weight is 269 g/mol. The summed E-state index contributed by atoms with van der Waals surface area (Å²) in [6.45, 7) is 4.18. The highest BCUT2D eigenvalue weighted by Crippen LogP contribution is 2.39. The van der Waals surface area contributed by atoms with Crippen molar-refractivity contribution in [1.29, 1.82) is 0 Å². The average Bonchev–Trinajstić information content (AvgIpc) is 2.85. The fourth-order valence-corrected chi connectivity index (χ4v) is 3.74. The third kappa shape index (κ3) is 3.11. The zero-order valence-electron chi connectivity index (χ0n) is 12.2. The number of ether oxygens (including phenoxy) is 1. The molecular formula is C15H27NO3. The molecule has 2 saturated heterocycles. The Morgan fingerprint density at radius 1 is 1.53 bits per heavy atom. The number of unbranched alkanes of at least 4 members (excludes halogenated alkanes) is 1. The molecule has 0 radical (unpaired) electrons. The van der Waals surface area contributed by atoms with E-state index in [9.17, 15) is 9.90 Å². The van der Waals surface area contributed by atoms with E-state index < -0.39 is 5.60 Å². The number of piperidine rings is 1. The molecule has 0 aromatic heterocycles. The molecule has 110 valence electrons. The van der Waals surface area contributed by atoms with Crippen molar-refractivity contribution in [3.63, 3.8) is 0 Å². The maximum Gasteiger partial charge on any atom is 0.311 e. The van der Waals surface area contributed by atoms with Crippen LogP contribution in [0, 0.1) is 5.92 Å². The number of esters is 1. The quantitative estimate of drug-likeness (QED) is 0.775. The Balaban J connectivity index is 2.07. The molecule has 0 aromatic carbocycles. The molecule has 4 heteroatoms. The minimum absolute atomic E-state index is 0.234. The van der Waals surface area contributed by atoms with E-state index in [1.165, 1.54) is 13.5 Å². The summed E-state index contributed by atoms with van der Waals surface area (Å²) >= 11 is 0. The van der Waals surface area contributed by atoms with E-state index in [1.54, 1.807) is 0 Å². The molecule has 0 aromatic rings. The number of carbonyl (C=O) groups is 1. The van der Waals surface area contributed by atoms with Crippen LogP contribution in [0.25, 0.3) is 0 Å². The summed E-state index contributed by atoms with van der Waals surface area (Å²) < 4.78 is 4.93. The SMILES string of the molecule is CCCCC(C(=O)OC)C1(O)CCN2CCCC2C1. The van der Waals surface area contributed by atoms with E-state index >= 15 is 0 Å². The Bertz CT molecular complexity index is 321. The van der Waals surface area contributed by atoms with Gasteiger partial charge in [0, 0.05) is 12.6 Å². The Hall–Kier alpha value is -0.610. The molecule has 0 saturated carbocycles. The van der Waals surface area contributed by atoms with Crippen molar-refractivity contribution in [1.82, 2.24) is 4.90 Å². The Morgan fingerprint density at radius 2 is 2.32 bits per heavy atom. The maximum atomic E-state index is 12.0. The molecule has 19 heavy (non-hydrogen) atoms. The molecule has 2 fully saturated rings. The molecule has 1 N–H and O–H groups in total. The highest BCUT2D eigenvalue weighted by molar-refractivity contribution is 5.73. The summed E-state index contributed by atoms with van der Waals surface area (Å²) in [5, 5.41) is 11.0. The largest absolute Gasteiger partial charge is 0.469 e. The number of aliphatic hydroxyl groups is 1. The lowest BCUT2D eigenvalue weighted by Gasteiger charge is -2.44. The first-order chi connectivity index (χ1) is 9.10. The molecule has 3 unspecified atom stereocenters. The summed E-state index contributed by atoms with van der Waals surface area (Å²) in [6.07, 6.45) is 6.56. The minimum atomic E-state index is -0.853. The summed E-state index contributed by atoms with van der Waals surface area (Å²) in [5.74, 6) is -0.581. The maximum absolute atomic E-state index is 12.0. The van der Waals surface area contributed by atoms with Crippen LogP contribution in [0.3, 0.4) is 0 Å². The standard InChI is InChI=1S/C15H27NO3/c1-3-4-7-13(14(17)19-2)15(18)8-10-16-9-5-6-12(16)11-15/h12-13,18H,3-11H2,1-2H3. The highest BCUT2D eigenvalue weighted by atomic mass is 16.5. The first kappa shape index (κ1) is 14.8. The topological polar surface area (TPSA) is 49.8 Å². The zero-order chi connectivity index (χ0) is 13.9. The van der Waals surface area contributed by atoms with Crippen molar-refractivity contribution in [3.8, 4) is 0 Å². The van der Waals surface area contributed by atoms with Crippen LogP contribution in [-0.4, -0.2) is 47.8 Å². The number of hydrogen-bond acceptors (Lipinski definition) is 4. The van der Waals surface area contributed by atoms with Crippen LogP contribution in [-0.2, 0) is 9.53 Å². The second-order valence-electron chi connectivity index (χ2n) is 6.11. The van der Waals surface area contributed by atoms with Gasteiger partial charge < -0.3 is 14.7 Å². The number of carbonyl (C=O) groups excluding carboxylic acids is 1. The van der Waals surface area contributed by atoms with Gasteiger partial charge in [0.1, 0.15) is 0 Å². The molecule has 0 bridgehead atoms. The number of nitrogens with zero attached hydrogens (tertiary/aromatic N) is 1. The lowest BCUT2D eigenvalue weighted by Crippen LogP contribution is -2.53. The summed E-state index contributed by atoms with van der Waals surface area (Å²) in [5.41, 5.74) is -0.853. The van der Waals surface area contributed by atoms with E-state index in [4.69, 9.17) is 4.74 Å². The molecule has 0 amide bonds. The van der Waals surface area contributed by atoms with E-state index in [0.717, 1.165) is 45.2 Å². The Labute approximate surface area is 116 Å². The van der Waals surface area contributed by atoms with Crippen LogP contribution in [0.2, 0.25) is 0 Å². The van der Waals surface area contributed by atoms with Gasteiger partial charge in [0.25, 0.3) is 0 Å². The Morgan fingerprint density at radius 3 is 3.00 bits per heavy atom. The van der Waals surface area contributed by atoms with Gasteiger partial charge in [-0.05, 0) is 38.6 Å². The van der Waals surface area contributed by atoms with Gasteiger partial charge in [-0.2, -0.15) is 0 Å². The van der Waals surface area contributed by atoms with Crippen molar-refractivity contribution < 1.29 is 14.6 Å². The normalized spacial score (nSPS) is 32.9. The summed E-state index contributed by atoms with van der Waals surface area (Å²) in [4.78, 5) is 14.5. The van der Waals surface area contributed by atoms with Gasteiger partial charge in [-0.1, -0.05) is 19.8 Å². The van der Waals surface area contributed by atoms with Gasteiger partial charge in [-0.3, -0.25) is 4.79 Å². The van der Waals surface area contributed by atoms with Crippen LogP contribution in [0.15, 0.2) is 0 Å². The van der Waals surface area contributed by atoms with Crippen molar-refractivity contribution in [2.24, 2.45) is 5.92 Å². The number of hydrogen-bond donors (Lipinski definition) is 1. The van der Waals surface area contributed by atoms with Crippen molar-refractivity contribution >= 4 is 5.97 Å². The summed E-state index contributed by atoms with van der Waals surface area (Å²) in [6, 6.07) is 0.465. The van der Waals surface area contributed by atoms with Gasteiger partial charge in [0.05, 0.1) is 18.6 Å². The van der Waals surface area contributed by atoms with Crippen LogP contribution in [0.1, 0.15) is 51.9 Å². The van der Waals surface area contributed by atoms with Gasteiger partial charge >= 0.3 is 5.97 Å². The van der Waals surface area contributed by atoms with Crippen molar-refractivity contribution in [2.45, 2.75) is 63.5 Å². The molecule has 4 nitrogen and oxygen atoms in total. The van der Waals surface area contributed by atoms with E-state index in [2.05, 4.69) is 11.8 Å². The van der Waals surface area contributed by atoms with Crippen molar-refractivity contribution in [2.75, 3.05) is 20.2 Å². The highest BCUT2D eigenvalue weighted by Gasteiger charge is 2.47. The van der Waals surface area contributed by atoms with Gasteiger partial charge in [-0.25, -0.2) is 0 Å². The minimum Gasteiger partial charge on any atom is -0.469 e. The van der Waals surface area contributed by atoms with E-state index in [-0.39, 0.29) is 11.9 Å². The third-order valence-corrected chi connectivity index (χ3v) is 4.90. The zero-order valence-corrected chi connectivity index (χ0v) is 12.2. The molecule has 0 aliphatic carbocycles. The molecule has 2 rings (SSSR count). The van der Waals surface area contributed by atoms with Gasteiger partial charge in [0.2, 0.25) is 0 Å². The van der Waals surface area contributed by atoms with Crippen LogP contribution < -0.4 is 0 Å². The van der Waals surface area contributed by atoms with Gasteiger partial charge in [0.15, 0.2) is 0 Å². The first-order valence-electron chi connectivity index (χ1n) is 7.65. The van der Waals surface area contributed by atoms with E-state index in [1.807, 2.05) is 0 Å². The van der Waals surface area contributed by atoms with Crippen LogP contribution >= 0.6 is 0 Å². The lowest BCUT2D eigenvalue weighted by atomic mass is 9.74. The summed E-state index contributed by atoms with van der Waals surface area (Å²) in [7, 11) is 1.43. The molecule has 0 spiro atoms. The predicted octanol–water partition coefficient (Wildman–Crippen LogP) is 1.96. The fourth-order valence-electron chi connectivity index (χ4n) is 3.74. The second-order valence-corrected chi connectivity index (χ2v) is 6.11. The third-order valence-electron chi connectivity index (χ3n) is 4.90. The molecule has 2 heterocycles. The second kappa shape index (κ2) is 6.23. The smallest absolute Gasteiger partial charge is 0.311 e. The first-order valence-corrected chi connectivity index (χ1v) is 7.65. The molecule has 2 aliphatic rings. The Kier molecular flexibility index (Phi) is 4.85. The van der Waals surface area contributed by atoms with Gasteiger partial charge in [-0.15, -0.1) is 0 Å². The molecular weight excluding hydrogens is 242 g/mol. The van der Waals surface area contributed by atoms with Crippen molar-refractivity contribution in [3.05, 3.63) is 0 Å². The monoisotopic (exact) mass is 269 g/mol. The molecule has 2 aliphatic heterocycles. The number of rotatable bonds is 5. The fraction of sp³-hybridized carbons (Fsp3) is 0.933. The van der Waals surface area contributed by atoms with Crippen LogP contribution in [0.5, 0.6) is 0 Å². The van der Waals surface area contributed by atoms with E-state index in [0.29, 0.717) is 12.5 Å². The van der Waals surface area contributed by atoms with Crippen LogP contribution in [0.4, 0.5) is 0 Å². The number of methoxy groups -OCH3 is 1. The predicted molar refractivity (Wildman–Crippen MR) is 73.8 cm³/mol. The number of fused-ring (bicyclic) bond motifs is 1. The lowest BCUT2D eigenvalue weighted by molar-refractivity contribution is -0.162. The molecule has 3 atom stereocenters.